The summed E-state index contributed by atoms with van der Waals surface area (Å²) in [6, 6.07) is 5.48. The molecule has 1 unspecified atom stereocenters. The molecule has 1 aromatic rings. The molecule has 0 spiro atoms. The molecule has 0 saturated carbocycles. The van der Waals surface area contributed by atoms with E-state index in [0.29, 0.717) is 11.5 Å². The number of nitrogens with zero attached hydrogens (tertiary/aromatic N) is 1. The summed E-state index contributed by atoms with van der Waals surface area (Å²) in [7, 11) is 0. The Balaban J connectivity index is 1.68. The molecule has 0 radical (unpaired) electrons. The Hall–Kier alpha value is -0.930. The van der Waals surface area contributed by atoms with Crippen LogP contribution in [0.25, 0.3) is 0 Å². The normalized spacial score (nSPS) is 17.8. The largest absolute Gasteiger partial charge is 0.312 e. The lowest BCUT2D eigenvalue weighted by Gasteiger charge is -2.20. The second-order valence-corrected chi connectivity index (χ2v) is 5.83. The summed E-state index contributed by atoms with van der Waals surface area (Å²) in [6.07, 6.45) is 2.70. The molecule has 1 saturated heterocycles. The number of likely N-dealkylation sites (tertiary alicyclic amines) is 1. The van der Waals surface area contributed by atoms with Crippen molar-refractivity contribution in [2.75, 3.05) is 26.2 Å². The van der Waals surface area contributed by atoms with Gasteiger partial charge in [0.05, 0.1) is 0 Å². The van der Waals surface area contributed by atoms with E-state index in [1.165, 1.54) is 32.5 Å². The lowest BCUT2D eigenvalue weighted by Crippen LogP contribution is -2.31. The predicted molar refractivity (Wildman–Crippen MR) is 77.7 cm³/mol. The van der Waals surface area contributed by atoms with Gasteiger partial charge in [-0.1, -0.05) is 19.1 Å². The first kappa shape index (κ1) is 14.5. The number of hydrogen-bond acceptors (Lipinski definition) is 2. The third-order valence-corrected chi connectivity index (χ3v) is 3.83. The van der Waals surface area contributed by atoms with Crippen molar-refractivity contribution in [3.05, 3.63) is 35.1 Å². The number of benzene rings is 1. The van der Waals surface area contributed by atoms with Gasteiger partial charge in [0.15, 0.2) is 0 Å². The average Bonchev–Trinajstić information content (AvgIpc) is 2.86. The van der Waals surface area contributed by atoms with Crippen molar-refractivity contribution in [2.45, 2.75) is 33.2 Å². The summed E-state index contributed by atoms with van der Waals surface area (Å²) in [5, 5.41) is 3.43. The maximum Gasteiger partial charge on any atom is 0.126 e. The Kier molecular flexibility index (Phi) is 5.34. The van der Waals surface area contributed by atoms with Crippen LogP contribution in [0, 0.1) is 18.7 Å². The monoisotopic (exact) mass is 264 g/mol. The highest BCUT2D eigenvalue weighted by atomic mass is 19.1. The quantitative estimate of drug-likeness (QED) is 0.850. The first-order valence-electron chi connectivity index (χ1n) is 7.33. The van der Waals surface area contributed by atoms with E-state index in [2.05, 4.69) is 17.1 Å². The van der Waals surface area contributed by atoms with E-state index in [1.807, 2.05) is 12.1 Å². The molecule has 3 heteroatoms. The van der Waals surface area contributed by atoms with Crippen LogP contribution >= 0.6 is 0 Å². The summed E-state index contributed by atoms with van der Waals surface area (Å²) < 4.78 is 13.4. The van der Waals surface area contributed by atoms with E-state index < -0.39 is 0 Å². The summed E-state index contributed by atoms with van der Waals surface area (Å²) in [6.45, 7) is 9.51. The van der Waals surface area contributed by atoms with Crippen LogP contribution in [0.2, 0.25) is 0 Å². The molecule has 106 valence electrons. The van der Waals surface area contributed by atoms with Gasteiger partial charge in [0, 0.05) is 13.1 Å². The third kappa shape index (κ3) is 4.59. The Morgan fingerprint density at radius 3 is 2.74 bits per heavy atom. The third-order valence-electron chi connectivity index (χ3n) is 3.83. The first-order chi connectivity index (χ1) is 9.15. The fraction of sp³-hybridized carbons (Fsp3) is 0.625. The molecule has 1 aliphatic heterocycles. The van der Waals surface area contributed by atoms with Crippen molar-refractivity contribution in [2.24, 2.45) is 5.92 Å². The highest BCUT2D eigenvalue weighted by Gasteiger charge is 2.14. The summed E-state index contributed by atoms with van der Waals surface area (Å²) >= 11 is 0. The van der Waals surface area contributed by atoms with Gasteiger partial charge in [0.25, 0.3) is 0 Å². The standard InChI is InChI=1S/C16H25FN2/c1-13(12-19-7-3-4-8-19)10-18-11-15-6-5-14(2)16(17)9-15/h5-6,9,13,18H,3-4,7-8,10-12H2,1-2H3. The van der Waals surface area contributed by atoms with Crippen molar-refractivity contribution in [1.29, 1.82) is 0 Å². The zero-order chi connectivity index (χ0) is 13.7. The highest BCUT2D eigenvalue weighted by molar-refractivity contribution is 5.23. The molecule has 1 aliphatic rings. The van der Waals surface area contributed by atoms with Gasteiger partial charge in [-0.2, -0.15) is 0 Å². The Morgan fingerprint density at radius 1 is 1.32 bits per heavy atom. The number of hydrogen-bond donors (Lipinski definition) is 1. The van der Waals surface area contributed by atoms with Crippen molar-refractivity contribution in [1.82, 2.24) is 10.2 Å². The van der Waals surface area contributed by atoms with Crippen molar-refractivity contribution >= 4 is 0 Å². The molecule has 0 aliphatic carbocycles. The summed E-state index contributed by atoms with van der Waals surface area (Å²) in [4.78, 5) is 2.54. The van der Waals surface area contributed by atoms with Crippen molar-refractivity contribution in [3.63, 3.8) is 0 Å². The lowest BCUT2D eigenvalue weighted by atomic mass is 10.1. The molecule has 0 amide bonds. The van der Waals surface area contributed by atoms with E-state index in [9.17, 15) is 4.39 Å². The van der Waals surface area contributed by atoms with E-state index in [-0.39, 0.29) is 5.82 Å². The maximum absolute atomic E-state index is 13.4. The summed E-state index contributed by atoms with van der Waals surface area (Å²) in [5.74, 6) is 0.540. The molecule has 19 heavy (non-hydrogen) atoms. The van der Waals surface area contributed by atoms with Gasteiger partial charge in [-0.25, -0.2) is 4.39 Å². The van der Waals surface area contributed by atoms with E-state index in [1.54, 1.807) is 13.0 Å². The molecular weight excluding hydrogens is 239 g/mol. The number of aryl methyl sites for hydroxylation is 1. The molecule has 2 rings (SSSR count). The van der Waals surface area contributed by atoms with E-state index in [4.69, 9.17) is 0 Å². The van der Waals surface area contributed by atoms with Crippen molar-refractivity contribution in [3.8, 4) is 0 Å². The molecule has 2 nitrogen and oxygen atoms in total. The van der Waals surface area contributed by atoms with Crippen LogP contribution in [0.15, 0.2) is 18.2 Å². The fourth-order valence-electron chi connectivity index (χ4n) is 2.68. The number of rotatable bonds is 6. The Morgan fingerprint density at radius 2 is 2.05 bits per heavy atom. The lowest BCUT2D eigenvalue weighted by molar-refractivity contribution is 0.282. The second kappa shape index (κ2) is 7.01. The Bertz CT molecular complexity index is 400. The SMILES string of the molecule is Cc1ccc(CNCC(C)CN2CCCC2)cc1F. The van der Waals surface area contributed by atoms with Crippen LogP contribution in [0.5, 0.6) is 0 Å². The first-order valence-corrected chi connectivity index (χ1v) is 7.33. The van der Waals surface area contributed by atoms with Crippen LogP contribution in [-0.4, -0.2) is 31.1 Å². The molecule has 1 heterocycles. The van der Waals surface area contributed by atoms with Gasteiger partial charge in [-0.3, -0.25) is 0 Å². The van der Waals surface area contributed by atoms with Crippen LogP contribution in [-0.2, 0) is 6.54 Å². The smallest absolute Gasteiger partial charge is 0.126 e. The van der Waals surface area contributed by atoms with Gasteiger partial charge < -0.3 is 10.2 Å². The summed E-state index contributed by atoms with van der Waals surface area (Å²) in [5.41, 5.74) is 1.74. The average molecular weight is 264 g/mol. The zero-order valence-electron chi connectivity index (χ0n) is 12.1. The van der Waals surface area contributed by atoms with E-state index >= 15 is 0 Å². The van der Waals surface area contributed by atoms with Gasteiger partial charge in [0.1, 0.15) is 5.82 Å². The number of halogens is 1. The van der Waals surface area contributed by atoms with Gasteiger partial charge in [-0.05, 0) is 62.5 Å². The van der Waals surface area contributed by atoms with Gasteiger partial charge in [-0.15, -0.1) is 0 Å². The molecule has 1 fully saturated rings. The minimum Gasteiger partial charge on any atom is -0.312 e. The van der Waals surface area contributed by atoms with Crippen LogP contribution in [0.1, 0.15) is 30.9 Å². The number of nitrogens with one attached hydrogen (secondary N) is 1. The van der Waals surface area contributed by atoms with E-state index in [0.717, 1.165) is 18.7 Å². The van der Waals surface area contributed by atoms with Crippen LogP contribution < -0.4 is 5.32 Å². The maximum atomic E-state index is 13.4. The molecular formula is C16H25FN2. The molecule has 0 bridgehead atoms. The Labute approximate surface area is 116 Å². The fourth-order valence-corrected chi connectivity index (χ4v) is 2.68. The van der Waals surface area contributed by atoms with Gasteiger partial charge in [0.2, 0.25) is 0 Å². The van der Waals surface area contributed by atoms with Crippen molar-refractivity contribution < 1.29 is 4.39 Å². The molecule has 1 N–H and O–H groups in total. The van der Waals surface area contributed by atoms with Crippen LogP contribution in [0.4, 0.5) is 4.39 Å². The topological polar surface area (TPSA) is 15.3 Å². The molecule has 1 atom stereocenters. The highest BCUT2D eigenvalue weighted by Crippen LogP contribution is 2.11. The van der Waals surface area contributed by atoms with Crippen LogP contribution in [0.3, 0.4) is 0 Å². The predicted octanol–water partition coefficient (Wildman–Crippen LogP) is 2.96. The second-order valence-electron chi connectivity index (χ2n) is 5.83. The zero-order valence-corrected chi connectivity index (χ0v) is 12.1. The minimum atomic E-state index is -0.107. The molecule has 0 aromatic heterocycles. The molecule has 1 aromatic carbocycles. The minimum absolute atomic E-state index is 0.107. The van der Waals surface area contributed by atoms with Gasteiger partial charge >= 0.3 is 0 Å².